The van der Waals surface area contributed by atoms with E-state index in [2.05, 4.69) is 5.32 Å². The highest BCUT2D eigenvalue weighted by Gasteiger charge is 2.22. The molecule has 0 radical (unpaired) electrons. The summed E-state index contributed by atoms with van der Waals surface area (Å²) in [6, 6.07) is 6.54. The number of nitrogens with one attached hydrogen (secondary N) is 1. The molecule has 86 valence electrons. The summed E-state index contributed by atoms with van der Waals surface area (Å²) in [7, 11) is 0. The Hall–Kier alpha value is -1.38. The molecule has 1 aromatic carbocycles. The summed E-state index contributed by atoms with van der Waals surface area (Å²) in [6.45, 7) is 0.294. The van der Waals surface area contributed by atoms with Gasteiger partial charge in [0.05, 0.1) is 0 Å². The molecule has 0 aromatic heterocycles. The zero-order chi connectivity index (χ0) is 11.4. The van der Waals surface area contributed by atoms with E-state index in [-0.39, 0.29) is 17.6 Å². The van der Waals surface area contributed by atoms with Crippen molar-refractivity contribution >= 4 is 5.91 Å². The molecule has 16 heavy (non-hydrogen) atoms. The molecule has 2 rings (SSSR count). The van der Waals surface area contributed by atoms with E-state index in [0.29, 0.717) is 12.1 Å². The Morgan fingerprint density at radius 3 is 2.69 bits per heavy atom. The lowest BCUT2D eigenvalue weighted by Crippen LogP contribution is -2.29. The Morgan fingerprint density at radius 2 is 2.00 bits per heavy atom. The standard InChI is InChI=1S/C13H16FNO/c14-12-8-4-3-7-11(12)9-15-13(16)10-5-1-2-6-10/h3-4,7-8,10H,1-2,5-6,9H2,(H,15,16). The van der Waals surface area contributed by atoms with Crippen molar-refractivity contribution in [3.05, 3.63) is 35.6 Å². The van der Waals surface area contributed by atoms with Gasteiger partial charge in [-0.25, -0.2) is 4.39 Å². The summed E-state index contributed by atoms with van der Waals surface area (Å²) in [5.74, 6) is -0.0400. The summed E-state index contributed by atoms with van der Waals surface area (Å²) in [5.41, 5.74) is 0.550. The van der Waals surface area contributed by atoms with Crippen LogP contribution >= 0.6 is 0 Å². The van der Waals surface area contributed by atoms with Gasteiger partial charge >= 0.3 is 0 Å². The van der Waals surface area contributed by atoms with Gasteiger partial charge in [0.15, 0.2) is 0 Å². The van der Waals surface area contributed by atoms with Crippen LogP contribution in [0.25, 0.3) is 0 Å². The second-order valence-corrected chi connectivity index (χ2v) is 4.29. The van der Waals surface area contributed by atoms with Crippen LogP contribution in [-0.2, 0) is 11.3 Å². The highest BCUT2D eigenvalue weighted by Crippen LogP contribution is 2.24. The Morgan fingerprint density at radius 1 is 1.31 bits per heavy atom. The van der Waals surface area contributed by atoms with Crippen molar-refractivity contribution < 1.29 is 9.18 Å². The highest BCUT2D eigenvalue weighted by atomic mass is 19.1. The van der Waals surface area contributed by atoms with Gasteiger partial charge in [0.1, 0.15) is 5.82 Å². The molecule has 0 aliphatic heterocycles. The summed E-state index contributed by atoms with van der Waals surface area (Å²) >= 11 is 0. The van der Waals surface area contributed by atoms with Crippen LogP contribution in [0.5, 0.6) is 0 Å². The number of carbonyl (C=O) groups is 1. The molecule has 2 nitrogen and oxygen atoms in total. The van der Waals surface area contributed by atoms with Crippen molar-refractivity contribution in [2.75, 3.05) is 0 Å². The number of amides is 1. The van der Waals surface area contributed by atoms with E-state index in [9.17, 15) is 9.18 Å². The fourth-order valence-electron chi connectivity index (χ4n) is 2.16. The molecule has 3 heteroatoms. The van der Waals surface area contributed by atoms with Crippen LogP contribution in [0, 0.1) is 11.7 Å². The highest BCUT2D eigenvalue weighted by molar-refractivity contribution is 5.78. The smallest absolute Gasteiger partial charge is 0.223 e. The van der Waals surface area contributed by atoms with E-state index < -0.39 is 0 Å². The van der Waals surface area contributed by atoms with Crippen LogP contribution in [-0.4, -0.2) is 5.91 Å². The van der Waals surface area contributed by atoms with E-state index in [1.807, 2.05) is 0 Å². The third-order valence-electron chi connectivity index (χ3n) is 3.14. The van der Waals surface area contributed by atoms with Crippen LogP contribution in [0.3, 0.4) is 0 Å². The minimum atomic E-state index is -0.255. The molecule has 1 aliphatic carbocycles. The maximum Gasteiger partial charge on any atom is 0.223 e. The molecular weight excluding hydrogens is 205 g/mol. The summed E-state index contributed by atoms with van der Waals surface area (Å²) < 4.78 is 13.3. The Bertz CT molecular complexity index is 372. The van der Waals surface area contributed by atoms with E-state index >= 15 is 0 Å². The monoisotopic (exact) mass is 221 g/mol. The number of hydrogen-bond acceptors (Lipinski definition) is 1. The first-order valence-corrected chi connectivity index (χ1v) is 5.78. The van der Waals surface area contributed by atoms with Crippen molar-refractivity contribution in [3.63, 3.8) is 0 Å². The molecular formula is C13H16FNO. The number of carbonyl (C=O) groups excluding carboxylic acids is 1. The van der Waals surface area contributed by atoms with E-state index in [1.54, 1.807) is 18.2 Å². The van der Waals surface area contributed by atoms with Crippen molar-refractivity contribution in [2.45, 2.75) is 32.2 Å². The zero-order valence-electron chi connectivity index (χ0n) is 9.21. The zero-order valence-corrected chi connectivity index (χ0v) is 9.21. The minimum absolute atomic E-state index is 0.0701. The normalized spacial score (nSPS) is 16.3. The van der Waals surface area contributed by atoms with Gasteiger partial charge in [-0.1, -0.05) is 31.0 Å². The summed E-state index contributed by atoms with van der Waals surface area (Å²) in [6.07, 6.45) is 4.22. The fourth-order valence-corrected chi connectivity index (χ4v) is 2.16. The van der Waals surface area contributed by atoms with Crippen LogP contribution in [0.4, 0.5) is 4.39 Å². The van der Waals surface area contributed by atoms with Gasteiger partial charge in [-0.3, -0.25) is 4.79 Å². The number of hydrogen-bond donors (Lipinski definition) is 1. The molecule has 1 fully saturated rings. The molecule has 1 saturated carbocycles. The first-order chi connectivity index (χ1) is 7.77. The molecule has 1 aliphatic rings. The van der Waals surface area contributed by atoms with Crippen LogP contribution in [0.1, 0.15) is 31.2 Å². The molecule has 1 amide bonds. The predicted octanol–water partition coefficient (Wildman–Crippen LogP) is 2.63. The first kappa shape index (κ1) is 11.1. The molecule has 0 heterocycles. The van der Waals surface area contributed by atoms with Crippen LogP contribution < -0.4 is 5.32 Å². The Kier molecular flexibility index (Phi) is 3.54. The van der Waals surface area contributed by atoms with Crippen molar-refractivity contribution in [1.82, 2.24) is 5.32 Å². The average Bonchev–Trinajstić information content (AvgIpc) is 2.81. The lowest BCUT2D eigenvalue weighted by molar-refractivity contribution is -0.124. The summed E-state index contributed by atoms with van der Waals surface area (Å²) in [5, 5.41) is 2.80. The van der Waals surface area contributed by atoms with Gasteiger partial charge in [-0.2, -0.15) is 0 Å². The quantitative estimate of drug-likeness (QED) is 0.835. The van der Waals surface area contributed by atoms with Gasteiger partial charge in [0, 0.05) is 18.0 Å². The molecule has 1 N–H and O–H groups in total. The second-order valence-electron chi connectivity index (χ2n) is 4.29. The Balaban J connectivity index is 1.87. The molecule has 1 aromatic rings. The van der Waals surface area contributed by atoms with E-state index in [0.717, 1.165) is 25.7 Å². The lowest BCUT2D eigenvalue weighted by Gasteiger charge is -2.10. The van der Waals surface area contributed by atoms with Gasteiger partial charge in [-0.15, -0.1) is 0 Å². The van der Waals surface area contributed by atoms with Gasteiger partial charge in [0.2, 0.25) is 5.91 Å². The van der Waals surface area contributed by atoms with Gasteiger partial charge < -0.3 is 5.32 Å². The maximum absolute atomic E-state index is 13.3. The first-order valence-electron chi connectivity index (χ1n) is 5.78. The molecule has 0 unspecified atom stereocenters. The summed E-state index contributed by atoms with van der Waals surface area (Å²) in [4.78, 5) is 11.7. The number of halogens is 1. The SMILES string of the molecule is O=C(NCc1ccccc1F)C1CCCC1. The molecule has 0 bridgehead atoms. The second kappa shape index (κ2) is 5.10. The maximum atomic E-state index is 13.3. The van der Waals surface area contributed by atoms with Crippen molar-refractivity contribution in [3.8, 4) is 0 Å². The minimum Gasteiger partial charge on any atom is -0.352 e. The molecule has 0 spiro atoms. The van der Waals surface area contributed by atoms with E-state index in [4.69, 9.17) is 0 Å². The third kappa shape index (κ3) is 2.60. The molecule has 0 atom stereocenters. The van der Waals surface area contributed by atoms with Crippen molar-refractivity contribution in [1.29, 1.82) is 0 Å². The van der Waals surface area contributed by atoms with Crippen molar-refractivity contribution in [2.24, 2.45) is 5.92 Å². The topological polar surface area (TPSA) is 29.1 Å². The van der Waals surface area contributed by atoms with Gasteiger partial charge in [-0.05, 0) is 18.9 Å². The average molecular weight is 221 g/mol. The third-order valence-corrected chi connectivity index (χ3v) is 3.14. The van der Waals surface area contributed by atoms with Gasteiger partial charge in [0.25, 0.3) is 0 Å². The van der Waals surface area contributed by atoms with E-state index in [1.165, 1.54) is 6.07 Å². The fraction of sp³-hybridized carbons (Fsp3) is 0.462. The predicted molar refractivity (Wildman–Crippen MR) is 60.2 cm³/mol. The largest absolute Gasteiger partial charge is 0.352 e. The Labute approximate surface area is 94.9 Å². The van der Waals surface area contributed by atoms with Crippen LogP contribution in [0.2, 0.25) is 0 Å². The number of rotatable bonds is 3. The number of benzene rings is 1. The van der Waals surface area contributed by atoms with Crippen LogP contribution in [0.15, 0.2) is 24.3 Å². The molecule has 0 saturated heterocycles. The lowest BCUT2D eigenvalue weighted by atomic mass is 10.1.